The molecule has 28 heavy (non-hydrogen) atoms. The number of rotatable bonds is 5. The van der Waals surface area contributed by atoms with E-state index in [2.05, 4.69) is 25.2 Å². The molecule has 6 nitrogen and oxygen atoms in total. The summed E-state index contributed by atoms with van der Waals surface area (Å²) in [6.45, 7) is 4.39. The second kappa shape index (κ2) is 7.83. The topological polar surface area (TPSA) is 81.5 Å². The number of benzene rings is 2. The molecule has 0 fully saturated rings. The lowest BCUT2D eigenvalue weighted by atomic mass is 9.71. The number of nitro benzene ring substituents is 1. The molecule has 0 radical (unpaired) electrons. The summed E-state index contributed by atoms with van der Waals surface area (Å²) in [5.74, 6) is -0.0512. The van der Waals surface area contributed by atoms with E-state index < -0.39 is 10.8 Å². The van der Waals surface area contributed by atoms with Gasteiger partial charge in [0.2, 0.25) is 0 Å². The normalized spacial score (nSPS) is 17.5. The molecule has 0 saturated carbocycles. The summed E-state index contributed by atoms with van der Waals surface area (Å²) >= 11 is 1.38. The minimum atomic E-state index is -0.542. The van der Waals surface area contributed by atoms with Crippen LogP contribution in [0, 0.1) is 10.1 Å². The molecule has 1 aliphatic carbocycles. The molecule has 1 aliphatic rings. The molecule has 3 rings (SSSR count). The van der Waals surface area contributed by atoms with Crippen molar-refractivity contribution in [3.05, 3.63) is 63.2 Å². The molecule has 1 unspecified atom stereocenters. The number of nitro groups is 1. The van der Waals surface area contributed by atoms with Gasteiger partial charge in [-0.1, -0.05) is 38.1 Å². The number of carbonyl (C=O) groups is 1. The third-order valence-electron chi connectivity index (χ3n) is 5.37. The van der Waals surface area contributed by atoms with Crippen molar-refractivity contribution in [1.82, 2.24) is 5.32 Å². The van der Waals surface area contributed by atoms with Gasteiger partial charge in [0.1, 0.15) is 11.3 Å². The first kappa shape index (κ1) is 20.2. The molecule has 0 heterocycles. The van der Waals surface area contributed by atoms with E-state index in [1.807, 2.05) is 24.5 Å². The number of thioether (sulfide) groups is 1. The Hall–Kier alpha value is -2.54. The van der Waals surface area contributed by atoms with Gasteiger partial charge in [-0.2, -0.15) is 0 Å². The van der Waals surface area contributed by atoms with Crippen LogP contribution in [0.3, 0.4) is 0 Å². The molecule has 0 spiro atoms. The largest absolute Gasteiger partial charge is 0.495 e. The Labute approximate surface area is 168 Å². The molecule has 0 saturated heterocycles. The second-order valence-corrected chi connectivity index (χ2v) is 8.37. The summed E-state index contributed by atoms with van der Waals surface area (Å²) in [7, 11) is 1.46. The fourth-order valence-electron chi connectivity index (χ4n) is 3.80. The van der Waals surface area contributed by atoms with Crippen molar-refractivity contribution >= 4 is 23.4 Å². The van der Waals surface area contributed by atoms with Crippen molar-refractivity contribution in [2.45, 2.75) is 43.0 Å². The summed E-state index contributed by atoms with van der Waals surface area (Å²) in [5, 5.41) is 14.6. The van der Waals surface area contributed by atoms with Crippen LogP contribution in [0.25, 0.3) is 0 Å². The van der Waals surface area contributed by atoms with Crippen LogP contribution in [-0.4, -0.2) is 24.2 Å². The van der Waals surface area contributed by atoms with Crippen molar-refractivity contribution in [3.8, 4) is 5.75 Å². The molecule has 7 heteroatoms. The van der Waals surface area contributed by atoms with E-state index in [0.717, 1.165) is 18.4 Å². The zero-order chi connectivity index (χ0) is 20.5. The van der Waals surface area contributed by atoms with Gasteiger partial charge in [0.15, 0.2) is 0 Å². The average Bonchev–Trinajstić information content (AvgIpc) is 2.69. The lowest BCUT2D eigenvalue weighted by Gasteiger charge is -2.37. The molecule has 1 N–H and O–H groups in total. The number of methoxy groups -OCH3 is 1. The van der Waals surface area contributed by atoms with Gasteiger partial charge in [-0.3, -0.25) is 14.9 Å². The predicted octanol–water partition coefficient (Wildman–Crippen LogP) is 4.87. The van der Waals surface area contributed by atoms with Crippen LogP contribution in [-0.2, 0) is 5.41 Å². The summed E-state index contributed by atoms with van der Waals surface area (Å²) in [6.07, 6.45) is 3.55. The number of nitrogens with one attached hydrogen (secondary N) is 1. The zero-order valence-electron chi connectivity index (χ0n) is 16.4. The highest BCUT2D eigenvalue weighted by molar-refractivity contribution is 7.98. The predicted molar refractivity (Wildman–Crippen MR) is 110 cm³/mol. The highest BCUT2D eigenvalue weighted by Crippen LogP contribution is 2.42. The quantitative estimate of drug-likeness (QED) is 0.440. The van der Waals surface area contributed by atoms with Crippen LogP contribution in [0.1, 0.15) is 54.2 Å². The molecule has 0 bridgehead atoms. The van der Waals surface area contributed by atoms with Crippen LogP contribution in [0.5, 0.6) is 5.75 Å². The smallest absolute Gasteiger partial charge is 0.285 e. The lowest BCUT2D eigenvalue weighted by Crippen LogP contribution is -2.36. The molecule has 0 aliphatic heterocycles. The van der Waals surface area contributed by atoms with Crippen LogP contribution >= 0.6 is 11.8 Å². The third kappa shape index (κ3) is 3.71. The summed E-state index contributed by atoms with van der Waals surface area (Å²) < 4.78 is 5.22. The maximum atomic E-state index is 13.0. The van der Waals surface area contributed by atoms with E-state index in [1.54, 1.807) is 0 Å². The first-order valence-electron chi connectivity index (χ1n) is 9.09. The average molecular weight is 401 g/mol. The van der Waals surface area contributed by atoms with Gasteiger partial charge < -0.3 is 10.1 Å². The Bertz CT molecular complexity index is 927. The number of nitrogens with zero attached hydrogens (tertiary/aromatic N) is 1. The second-order valence-electron chi connectivity index (χ2n) is 7.52. The highest BCUT2D eigenvalue weighted by Gasteiger charge is 2.34. The maximum Gasteiger partial charge on any atom is 0.285 e. The van der Waals surface area contributed by atoms with Gasteiger partial charge in [-0.25, -0.2) is 0 Å². The zero-order valence-corrected chi connectivity index (χ0v) is 17.3. The Balaban J connectivity index is 1.97. The number of carbonyl (C=O) groups excluding carboxylic acids is 1. The number of amides is 1. The fraction of sp³-hybridized carbons (Fsp3) is 0.381. The van der Waals surface area contributed by atoms with Gasteiger partial charge in [0.25, 0.3) is 11.6 Å². The van der Waals surface area contributed by atoms with E-state index in [4.69, 9.17) is 4.74 Å². The highest BCUT2D eigenvalue weighted by atomic mass is 32.2. The Morgan fingerprint density at radius 1 is 1.32 bits per heavy atom. The van der Waals surface area contributed by atoms with Crippen LogP contribution in [0.15, 0.2) is 41.3 Å². The Morgan fingerprint density at radius 3 is 2.68 bits per heavy atom. The SMILES string of the molecule is COc1cc([N+](=O)[O-])c(C(=O)NC2CCC(C)(C)c3ccccc32)cc1SC. The van der Waals surface area contributed by atoms with Gasteiger partial charge in [0, 0.05) is 0 Å². The van der Waals surface area contributed by atoms with Crippen molar-refractivity contribution in [2.24, 2.45) is 0 Å². The van der Waals surface area contributed by atoms with E-state index in [9.17, 15) is 14.9 Å². The van der Waals surface area contributed by atoms with Crippen molar-refractivity contribution in [3.63, 3.8) is 0 Å². The van der Waals surface area contributed by atoms with E-state index in [0.29, 0.717) is 10.6 Å². The molecule has 2 aromatic rings. The van der Waals surface area contributed by atoms with E-state index >= 15 is 0 Å². The fourth-order valence-corrected chi connectivity index (χ4v) is 4.38. The maximum absolute atomic E-state index is 13.0. The number of hydrogen-bond acceptors (Lipinski definition) is 5. The number of hydrogen-bond donors (Lipinski definition) is 1. The number of ether oxygens (including phenoxy) is 1. The molecule has 2 aromatic carbocycles. The Morgan fingerprint density at radius 2 is 2.04 bits per heavy atom. The van der Waals surface area contributed by atoms with E-state index in [-0.39, 0.29) is 22.7 Å². The number of fused-ring (bicyclic) bond motifs is 1. The summed E-state index contributed by atoms with van der Waals surface area (Å²) in [6, 6.07) is 10.8. The molecule has 0 aromatic heterocycles. The van der Waals surface area contributed by atoms with Crippen LogP contribution < -0.4 is 10.1 Å². The third-order valence-corrected chi connectivity index (χ3v) is 6.13. The van der Waals surface area contributed by atoms with Crippen molar-refractivity contribution in [1.29, 1.82) is 0 Å². The molecule has 148 valence electrons. The lowest BCUT2D eigenvalue weighted by molar-refractivity contribution is -0.385. The van der Waals surface area contributed by atoms with Gasteiger partial charge in [0.05, 0.1) is 29.0 Å². The minimum absolute atomic E-state index is 0.0376. The van der Waals surface area contributed by atoms with Crippen LogP contribution in [0.2, 0.25) is 0 Å². The first-order valence-corrected chi connectivity index (χ1v) is 10.3. The minimum Gasteiger partial charge on any atom is -0.495 e. The Kier molecular flexibility index (Phi) is 5.65. The van der Waals surface area contributed by atoms with Gasteiger partial charge in [-0.05, 0) is 41.7 Å². The van der Waals surface area contributed by atoms with E-state index in [1.165, 1.54) is 36.6 Å². The molecule has 1 atom stereocenters. The van der Waals surface area contributed by atoms with Crippen molar-refractivity contribution < 1.29 is 14.5 Å². The van der Waals surface area contributed by atoms with Gasteiger partial charge >= 0.3 is 0 Å². The summed E-state index contributed by atoms with van der Waals surface area (Å²) in [5.41, 5.74) is 2.12. The standard InChI is InChI=1S/C21H24N2O4S/c1-21(2)10-9-16(13-7-5-6-8-15(13)21)22-20(24)14-11-19(28-4)18(27-3)12-17(14)23(25)26/h5-8,11-12,16H,9-10H2,1-4H3,(H,22,24). The first-order chi connectivity index (χ1) is 13.3. The molecule has 1 amide bonds. The molecular weight excluding hydrogens is 376 g/mol. The summed E-state index contributed by atoms with van der Waals surface area (Å²) in [4.78, 5) is 24.7. The van der Waals surface area contributed by atoms with Crippen LogP contribution in [0.4, 0.5) is 5.69 Å². The van der Waals surface area contributed by atoms with Crippen molar-refractivity contribution in [2.75, 3.05) is 13.4 Å². The molecular formula is C21H24N2O4S. The monoisotopic (exact) mass is 400 g/mol. The van der Waals surface area contributed by atoms with Gasteiger partial charge in [-0.15, -0.1) is 11.8 Å².